The number of Topliss-reactive ketones (excluding diaryl/α,β-unsaturated/α-hetero) is 1. The van der Waals surface area contributed by atoms with E-state index in [1.807, 2.05) is 60.7 Å². The number of hydrogen-bond acceptors (Lipinski definition) is 5. The number of ether oxygens (including phenoxy) is 2. The van der Waals surface area contributed by atoms with E-state index in [9.17, 15) is 14.7 Å². The number of carbonyl (C=O) groups excluding carboxylic acids is 2. The molecule has 6 heteroatoms. The van der Waals surface area contributed by atoms with Crippen LogP contribution in [0.1, 0.15) is 61.1 Å². The second-order valence-corrected chi connectivity index (χ2v) is 10.9. The maximum Gasteiger partial charge on any atom is 0.295 e. The number of amides is 1. The van der Waals surface area contributed by atoms with E-state index in [1.54, 1.807) is 13.2 Å². The highest BCUT2D eigenvalue weighted by Crippen LogP contribution is 2.41. The van der Waals surface area contributed by atoms with E-state index in [-0.39, 0.29) is 23.3 Å². The Morgan fingerprint density at radius 3 is 2.53 bits per heavy atom. The lowest BCUT2D eigenvalue weighted by Gasteiger charge is -2.27. The Labute approximate surface area is 223 Å². The summed E-state index contributed by atoms with van der Waals surface area (Å²) in [4.78, 5) is 28.5. The maximum atomic E-state index is 13.5. The van der Waals surface area contributed by atoms with E-state index in [0.717, 1.165) is 40.8 Å². The lowest BCUT2D eigenvalue weighted by Crippen LogP contribution is -2.29. The highest BCUT2D eigenvalue weighted by molar-refractivity contribution is 6.46. The van der Waals surface area contributed by atoms with Crippen molar-refractivity contribution in [1.82, 2.24) is 4.90 Å². The van der Waals surface area contributed by atoms with E-state index < -0.39 is 17.7 Å². The van der Waals surface area contributed by atoms with Crippen molar-refractivity contribution < 1.29 is 24.2 Å². The predicted octanol–water partition coefficient (Wildman–Crippen LogP) is 5.94. The first kappa shape index (κ1) is 25.6. The van der Waals surface area contributed by atoms with Crippen LogP contribution in [0.3, 0.4) is 0 Å². The number of likely N-dealkylation sites (tertiary alicyclic amines) is 1. The van der Waals surface area contributed by atoms with Crippen molar-refractivity contribution in [2.45, 2.75) is 51.6 Å². The smallest absolute Gasteiger partial charge is 0.295 e. The molecule has 0 saturated carbocycles. The number of ketones is 1. The van der Waals surface area contributed by atoms with Gasteiger partial charge in [-0.1, -0.05) is 57.2 Å². The third-order valence-electron chi connectivity index (χ3n) is 7.30. The summed E-state index contributed by atoms with van der Waals surface area (Å²) >= 11 is 0. The number of aliphatic hydroxyl groups is 1. The van der Waals surface area contributed by atoms with Crippen LogP contribution in [0.15, 0.2) is 72.3 Å². The molecule has 1 fully saturated rings. The fourth-order valence-corrected chi connectivity index (χ4v) is 5.19. The fourth-order valence-electron chi connectivity index (χ4n) is 5.19. The highest BCUT2D eigenvalue weighted by atomic mass is 16.5. The Kier molecular flexibility index (Phi) is 6.74. The van der Waals surface area contributed by atoms with Crippen molar-refractivity contribution in [1.29, 1.82) is 0 Å². The molecule has 2 heterocycles. The minimum absolute atomic E-state index is 0.0495. The van der Waals surface area contributed by atoms with Crippen LogP contribution in [-0.2, 0) is 28.0 Å². The molecule has 0 aromatic heterocycles. The summed E-state index contributed by atoms with van der Waals surface area (Å²) in [5.74, 6) is -0.0402. The molecule has 1 amide bonds. The zero-order valence-corrected chi connectivity index (χ0v) is 22.3. The third kappa shape index (κ3) is 4.78. The van der Waals surface area contributed by atoms with Gasteiger partial charge in [0.2, 0.25) is 0 Å². The summed E-state index contributed by atoms with van der Waals surface area (Å²) in [6, 6.07) is 20.1. The zero-order chi connectivity index (χ0) is 27.0. The molecular weight excluding hydrogens is 478 g/mol. The Balaban J connectivity index is 1.62. The number of aryl methyl sites for hydroxylation is 1. The van der Waals surface area contributed by atoms with Crippen LogP contribution < -0.4 is 9.47 Å². The van der Waals surface area contributed by atoms with Crippen molar-refractivity contribution in [2.24, 2.45) is 0 Å². The number of hydrogen-bond donors (Lipinski definition) is 1. The van der Waals surface area contributed by atoms with Crippen LogP contribution in [0, 0.1) is 0 Å². The summed E-state index contributed by atoms with van der Waals surface area (Å²) in [5.41, 5.74) is 4.27. The quantitative estimate of drug-likeness (QED) is 0.261. The first-order valence-corrected chi connectivity index (χ1v) is 13.0. The molecule has 1 atom stereocenters. The Morgan fingerprint density at radius 1 is 1.05 bits per heavy atom. The summed E-state index contributed by atoms with van der Waals surface area (Å²) in [7, 11) is 1.59. The van der Waals surface area contributed by atoms with E-state index in [0.29, 0.717) is 17.9 Å². The van der Waals surface area contributed by atoms with Gasteiger partial charge in [0.25, 0.3) is 11.7 Å². The van der Waals surface area contributed by atoms with E-state index in [2.05, 4.69) is 20.8 Å². The molecular formula is C32H33NO5. The molecule has 1 saturated heterocycles. The number of benzene rings is 3. The van der Waals surface area contributed by atoms with Gasteiger partial charge in [0.05, 0.1) is 25.3 Å². The van der Waals surface area contributed by atoms with E-state index in [1.165, 1.54) is 4.90 Å². The second-order valence-electron chi connectivity index (χ2n) is 10.9. The van der Waals surface area contributed by atoms with Crippen LogP contribution in [0.4, 0.5) is 0 Å². The third-order valence-corrected chi connectivity index (χ3v) is 7.30. The molecule has 3 aromatic carbocycles. The molecule has 6 nitrogen and oxygen atoms in total. The average molecular weight is 512 g/mol. The van der Waals surface area contributed by atoms with Gasteiger partial charge in [0.1, 0.15) is 17.3 Å². The van der Waals surface area contributed by atoms with Gasteiger partial charge in [-0.3, -0.25) is 9.59 Å². The normalized spacial score (nSPS) is 18.7. The van der Waals surface area contributed by atoms with Crippen LogP contribution in [0.25, 0.3) is 5.76 Å². The van der Waals surface area contributed by atoms with Crippen molar-refractivity contribution in [3.8, 4) is 11.5 Å². The van der Waals surface area contributed by atoms with Crippen LogP contribution in [-0.4, -0.2) is 35.4 Å². The van der Waals surface area contributed by atoms with Gasteiger partial charge >= 0.3 is 0 Å². The standard InChI is InChI=1S/C32H33NO5/c1-32(2,3)24-13-10-21(11-14-24)28-27(29(34)23-12-15-26-22(18-23)8-6-16-38-26)30(35)31(36)33(28)19-20-7-5-9-25(17-20)37-4/h5,7,9-15,17-18,28,34H,6,8,16,19H2,1-4H3/b29-27-. The molecule has 0 aliphatic carbocycles. The first-order chi connectivity index (χ1) is 18.2. The van der Waals surface area contributed by atoms with Gasteiger partial charge < -0.3 is 19.5 Å². The van der Waals surface area contributed by atoms with Crippen molar-refractivity contribution in [3.63, 3.8) is 0 Å². The topological polar surface area (TPSA) is 76.1 Å². The van der Waals surface area contributed by atoms with Crippen molar-refractivity contribution >= 4 is 17.4 Å². The van der Waals surface area contributed by atoms with Gasteiger partial charge in [-0.15, -0.1) is 0 Å². The molecule has 2 aliphatic heterocycles. The summed E-state index contributed by atoms with van der Waals surface area (Å²) in [6.45, 7) is 7.27. The Morgan fingerprint density at radius 2 is 1.82 bits per heavy atom. The molecule has 0 radical (unpaired) electrons. The highest BCUT2D eigenvalue weighted by Gasteiger charge is 2.46. The summed E-state index contributed by atoms with van der Waals surface area (Å²) in [6.07, 6.45) is 1.72. The first-order valence-electron chi connectivity index (χ1n) is 13.0. The Bertz CT molecular complexity index is 1410. The van der Waals surface area contributed by atoms with Crippen LogP contribution in [0.5, 0.6) is 11.5 Å². The SMILES string of the molecule is COc1cccc(CN2C(=O)C(=O)/C(=C(\O)c3ccc4c(c3)CCCO4)C2c2ccc(C(C)(C)C)cc2)c1. The van der Waals surface area contributed by atoms with Gasteiger partial charge in [-0.05, 0) is 70.8 Å². The number of methoxy groups -OCH3 is 1. The van der Waals surface area contributed by atoms with Gasteiger partial charge in [0.15, 0.2) is 0 Å². The number of nitrogens with zero attached hydrogens (tertiary/aromatic N) is 1. The number of carbonyl (C=O) groups is 2. The molecule has 3 aromatic rings. The molecule has 0 spiro atoms. The molecule has 0 bridgehead atoms. The van der Waals surface area contributed by atoms with Gasteiger partial charge in [-0.25, -0.2) is 0 Å². The predicted molar refractivity (Wildman–Crippen MR) is 146 cm³/mol. The monoisotopic (exact) mass is 511 g/mol. The zero-order valence-electron chi connectivity index (χ0n) is 22.3. The second kappa shape index (κ2) is 10.0. The molecule has 1 unspecified atom stereocenters. The molecule has 38 heavy (non-hydrogen) atoms. The minimum atomic E-state index is -0.734. The van der Waals surface area contributed by atoms with Crippen molar-refractivity contribution in [3.05, 3.63) is 100 Å². The van der Waals surface area contributed by atoms with E-state index in [4.69, 9.17) is 9.47 Å². The minimum Gasteiger partial charge on any atom is -0.507 e. The van der Waals surface area contributed by atoms with Gasteiger partial charge in [-0.2, -0.15) is 0 Å². The maximum absolute atomic E-state index is 13.5. The number of fused-ring (bicyclic) bond motifs is 1. The number of aliphatic hydroxyl groups excluding tert-OH is 1. The molecule has 196 valence electrons. The molecule has 5 rings (SSSR count). The summed E-state index contributed by atoms with van der Waals surface area (Å²) in [5, 5.41) is 11.5. The number of rotatable bonds is 5. The lowest BCUT2D eigenvalue weighted by atomic mass is 9.85. The van der Waals surface area contributed by atoms with Gasteiger partial charge in [0, 0.05) is 12.1 Å². The average Bonchev–Trinajstić information content (AvgIpc) is 3.17. The lowest BCUT2D eigenvalue weighted by molar-refractivity contribution is -0.140. The largest absolute Gasteiger partial charge is 0.507 e. The fraction of sp³-hybridized carbons (Fsp3) is 0.312. The van der Waals surface area contributed by atoms with E-state index >= 15 is 0 Å². The van der Waals surface area contributed by atoms with Crippen LogP contribution >= 0.6 is 0 Å². The van der Waals surface area contributed by atoms with Crippen LogP contribution in [0.2, 0.25) is 0 Å². The van der Waals surface area contributed by atoms with Crippen molar-refractivity contribution in [2.75, 3.05) is 13.7 Å². The molecule has 2 aliphatic rings. The molecule has 1 N–H and O–H groups in total. The Hall–Kier alpha value is -4.06. The summed E-state index contributed by atoms with van der Waals surface area (Å²) < 4.78 is 11.1.